The largest absolute Gasteiger partial charge is 0.379 e. The summed E-state index contributed by atoms with van der Waals surface area (Å²) in [5.74, 6) is -0.922. The fourth-order valence-electron chi connectivity index (χ4n) is 5.23. The second-order valence-corrected chi connectivity index (χ2v) is 13.2. The number of sulfone groups is 1. The summed E-state index contributed by atoms with van der Waals surface area (Å²) < 4.78 is 32.8. The first-order chi connectivity index (χ1) is 18.6. The van der Waals surface area contributed by atoms with E-state index in [0.29, 0.717) is 49.7 Å². The Labute approximate surface area is 237 Å². The van der Waals surface area contributed by atoms with Gasteiger partial charge in [0, 0.05) is 24.7 Å². The molecule has 2 aromatic carbocycles. The Bertz CT molecular complexity index is 1400. The fraction of sp³-hybridized carbons (Fsp3) is 0.444. The minimum absolute atomic E-state index is 0.0387. The number of ether oxygens (including phenoxy) is 1. The first-order valence-electron chi connectivity index (χ1n) is 12.7. The molecule has 12 heteroatoms. The number of nitriles is 1. The van der Waals surface area contributed by atoms with Crippen molar-refractivity contribution in [3.05, 3.63) is 64.1 Å². The summed E-state index contributed by atoms with van der Waals surface area (Å²) in [4.78, 5) is 31.1. The summed E-state index contributed by atoms with van der Waals surface area (Å²) in [6.07, 6.45) is 0.917. The molecule has 2 amide bonds. The Morgan fingerprint density at radius 1 is 1.08 bits per heavy atom. The molecule has 5 rings (SSSR count). The number of nitrogens with zero attached hydrogens (tertiary/aromatic N) is 3. The van der Waals surface area contributed by atoms with Gasteiger partial charge in [0.2, 0.25) is 11.8 Å². The van der Waals surface area contributed by atoms with Gasteiger partial charge >= 0.3 is 0 Å². The van der Waals surface area contributed by atoms with Gasteiger partial charge in [-0.1, -0.05) is 47.5 Å². The summed E-state index contributed by atoms with van der Waals surface area (Å²) >= 11 is 12.3. The number of halogens is 2. The standard InChI is InChI=1S/C27H28Cl2N4O5S/c28-19-7-5-18(6-8-19)24(32-11-13-38-14-12-32)26(35)33-16-20(39(36,37)23-4-2-1-3-21(23)29)15-22(33)25(34)31-27(17-30)9-10-27/h1-8,20,22,24H,9-16H2,(H,31,34). The van der Waals surface area contributed by atoms with E-state index >= 15 is 0 Å². The third kappa shape index (κ3) is 5.65. The lowest BCUT2D eigenvalue weighted by Crippen LogP contribution is -2.53. The lowest BCUT2D eigenvalue weighted by molar-refractivity contribution is -0.144. The number of hydrogen-bond acceptors (Lipinski definition) is 7. The van der Waals surface area contributed by atoms with Crippen LogP contribution < -0.4 is 5.32 Å². The van der Waals surface area contributed by atoms with E-state index in [0.717, 1.165) is 0 Å². The van der Waals surface area contributed by atoms with Crippen LogP contribution in [-0.2, 0) is 24.2 Å². The number of carbonyl (C=O) groups excluding carboxylic acids is 2. The summed E-state index contributed by atoms with van der Waals surface area (Å²) in [6, 6.07) is 13.3. The highest BCUT2D eigenvalue weighted by Gasteiger charge is 2.51. The zero-order valence-electron chi connectivity index (χ0n) is 21.1. The van der Waals surface area contributed by atoms with Crippen LogP contribution in [-0.4, -0.2) is 79.7 Å². The smallest absolute Gasteiger partial charge is 0.245 e. The van der Waals surface area contributed by atoms with Crippen LogP contribution in [0.25, 0.3) is 0 Å². The molecule has 2 aromatic rings. The third-order valence-electron chi connectivity index (χ3n) is 7.59. The lowest BCUT2D eigenvalue weighted by Gasteiger charge is -2.37. The maximum absolute atomic E-state index is 14.3. The number of hydrogen-bond donors (Lipinski definition) is 1. The molecule has 1 saturated carbocycles. The molecule has 1 N–H and O–H groups in total. The molecular weight excluding hydrogens is 563 g/mol. The molecule has 2 heterocycles. The van der Waals surface area contributed by atoms with Crippen LogP contribution in [0.1, 0.15) is 30.9 Å². The minimum atomic E-state index is -3.98. The van der Waals surface area contributed by atoms with Crippen LogP contribution >= 0.6 is 23.2 Å². The van der Waals surface area contributed by atoms with E-state index in [1.54, 1.807) is 36.4 Å². The predicted octanol–water partition coefficient (Wildman–Crippen LogP) is 2.98. The van der Waals surface area contributed by atoms with Crippen molar-refractivity contribution in [2.75, 3.05) is 32.8 Å². The first-order valence-corrected chi connectivity index (χ1v) is 15.0. The number of likely N-dealkylation sites (tertiary alicyclic amines) is 1. The zero-order valence-corrected chi connectivity index (χ0v) is 23.4. The van der Waals surface area contributed by atoms with Crippen molar-refractivity contribution in [1.82, 2.24) is 15.1 Å². The van der Waals surface area contributed by atoms with E-state index in [-0.39, 0.29) is 22.9 Å². The van der Waals surface area contributed by atoms with Gasteiger partial charge in [-0.3, -0.25) is 14.5 Å². The van der Waals surface area contributed by atoms with Crippen LogP contribution in [0.5, 0.6) is 0 Å². The monoisotopic (exact) mass is 590 g/mol. The molecule has 3 fully saturated rings. The normalized spacial score (nSPS) is 23.6. The second kappa shape index (κ2) is 11.1. The summed E-state index contributed by atoms with van der Waals surface area (Å²) in [5, 5.41) is 11.8. The van der Waals surface area contributed by atoms with Crippen molar-refractivity contribution >= 4 is 44.9 Å². The number of amides is 2. The SMILES string of the molecule is N#CC1(NC(=O)C2CC(S(=O)(=O)c3ccccc3Cl)CN2C(=O)C(c2ccc(Cl)cc2)N2CCOCC2)CC1. The van der Waals surface area contributed by atoms with E-state index < -0.39 is 44.5 Å². The van der Waals surface area contributed by atoms with E-state index in [1.807, 2.05) is 4.90 Å². The summed E-state index contributed by atoms with van der Waals surface area (Å²) in [6.45, 7) is 1.68. The Hall–Kier alpha value is -2.68. The molecule has 9 nitrogen and oxygen atoms in total. The van der Waals surface area contributed by atoms with Gasteiger partial charge in [0.25, 0.3) is 0 Å². The van der Waals surface area contributed by atoms with Gasteiger partial charge in [0.1, 0.15) is 17.6 Å². The van der Waals surface area contributed by atoms with Gasteiger partial charge in [0.15, 0.2) is 9.84 Å². The van der Waals surface area contributed by atoms with Gasteiger partial charge in [0.05, 0.1) is 34.5 Å². The number of nitrogens with one attached hydrogen (secondary N) is 1. The van der Waals surface area contributed by atoms with Crippen LogP contribution in [0.4, 0.5) is 0 Å². The fourth-order valence-corrected chi connectivity index (χ4v) is 7.57. The van der Waals surface area contributed by atoms with Gasteiger partial charge in [-0.05, 0) is 49.1 Å². The second-order valence-electron chi connectivity index (χ2n) is 10.1. The van der Waals surface area contributed by atoms with E-state index in [1.165, 1.54) is 17.0 Å². The Balaban J connectivity index is 1.51. The zero-order chi connectivity index (χ0) is 27.8. The van der Waals surface area contributed by atoms with Crippen LogP contribution in [0.3, 0.4) is 0 Å². The van der Waals surface area contributed by atoms with Crippen molar-refractivity contribution < 1.29 is 22.7 Å². The highest BCUT2D eigenvalue weighted by molar-refractivity contribution is 7.92. The van der Waals surface area contributed by atoms with Crippen molar-refractivity contribution in [2.45, 2.75) is 47.0 Å². The molecule has 0 aromatic heterocycles. The highest BCUT2D eigenvalue weighted by Crippen LogP contribution is 2.38. The summed E-state index contributed by atoms with van der Waals surface area (Å²) in [7, 11) is -3.98. The Kier molecular flexibility index (Phi) is 7.91. The van der Waals surface area contributed by atoms with Crippen molar-refractivity contribution in [3.8, 4) is 6.07 Å². The minimum Gasteiger partial charge on any atom is -0.379 e. The third-order valence-corrected chi connectivity index (χ3v) is 10.5. The average Bonchev–Trinajstić information content (AvgIpc) is 3.55. The summed E-state index contributed by atoms with van der Waals surface area (Å²) in [5.41, 5.74) is -0.288. The maximum Gasteiger partial charge on any atom is 0.245 e. The van der Waals surface area contributed by atoms with Gasteiger partial charge in [-0.25, -0.2) is 8.42 Å². The topological polar surface area (TPSA) is 120 Å². The molecule has 206 valence electrons. The molecule has 3 atom stereocenters. The number of rotatable bonds is 7. The molecule has 0 bridgehead atoms. The molecule has 2 saturated heterocycles. The molecular formula is C27H28Cl2N4O5S. The van der Waals surface area contributed by atoms with Crippen LogP contribution in [0.2, 0.25) is 10.0 Å². The van der Waals surface area contributed by atoms with Crippen LogP contribution in [0.15, 0.2) is 53.4 Å². The quantitative estimate of drug-likeness (QED) is 0.526. The van der Waals surface area contributed by atoms with Gasteiger partial charge in [-0.15, -0.1) is 0 Å². The number of benzene rings is 2. The number of carbonyl (C=O) groups is 2. The average molecular weight is 592 g/mol. The Morgan fingerprint density at radius 2 is 1.74 bits per heavy atom. The van der Waals surface area contributed by atoms with Crippen LogP contribution in [0, 0.1) is 11.3 Å². The van der Waals surface area contributed by atoms with Crippen molar-refractivity contribution in [2.24, 2.45) is 0 Å². The predicted molar refractivity (Wildman–Crippen MR) is 145 cm³/mol. The molecule has 0 spiro atoms. The molecule has 0 radical (unpaired) electrons. The maximum atomic E-state index is 14.3. The van der Waals surface area contributed by atoms with E-state index in [2.05, 4.69) is 11.4 Å². The molecule has 2 aliphatic heterocycles. The number of morpholine rings is 1. The molecule has 1 aliphatic carbocycles. The molecule has 39 heavy (non-hydrogen) atoms. The van der Waals surface area contributed by atoms with Gasteiger partial charge < -0.3 is 15.0 Å². The van der Waals surface area contributed by atoms with Crippen molar-refractivity contribution in [3.63, 3.8) is 0 Å². The molecule has 3 aliphatic rings. The van der Waals surface area contributed by atoms with E-state index in [9.17, 15) is 23.3 Å². The Morgan fingerprint density at radius 3 is 2.36 bits per heavy atom. The van der Waals surface area contributed by atoms with E-state index in [4.69, 9.17) is 27.9 Å². The first kappa shape index (κ1) is 27.9. The van der Waals surface area contributed by atoms with Crippen molar-refractivity contribution in [1.29, 1.82) is 5.26 Å². The highest BCUT2D eigenvalue weighted by atomic mass is 35.5. The lowest BCUT2D eigenvalue weighted by atomic mass is 10.0. The van der Waals surface area contributed by atoms with Gasteiger partial charge in [-0.2, -0.15) is 5.26 Å². The molecule has 3 unspecified atom stereocenters.